The molecular formula is C12H30O8. The highest BCUT2D eigenvalue weighted by Crippen LogP contribution is 1.91. The molecule has 0 spiro atoms. The van der Waals surface area contributed by atoms with Gasteiger partial charge in [0.25, 0.3) is 0 Å². The molecule has 1 unspecified atom stereocenters. The van der Waals surface area contributed by atoms with Crippen LogP contribution in [-0.2, 0) is 0 Å². The second-order valence-electron chi connectivity index (χ2n) is 3.34. The van der Waals surface area contributed by atoms with Crippen LogP contribution in [0.5, 0.6) is 0 Å². The largest absolute Gasteiger partial charge is 0.394 e. The van der Waals surface area contributed by atoms with Gasteiger partial charge in [0.15, 0.2) is 0 Å². The Kier molecular flexibility index (Phi) is 43.0. The molecule has 8 nitrogen and oxygen atoms in total. The molecule has 0 saturated carbocycles. The van der Waals surface area contributed by atoms with Crippen molar-refractivity contribution in [3.63, 3.8) is 0 Å². The summed E-state index contributed by atoms with van der Waals surface area (Å²) in [4.78, 5) is 0. The van der Waals surface area contributed by atoms with Gasteiger partial charge in [0.05, 0.1) is 52.4 Å². The first-order chi connectivity index (χ1) is 9.41. The molecule has 0 aliphatic carbocycles. The summed E-state index contributed by atoms with van der Waals surface area (Å²) in [5, 5.41) is 62.7. The highest BCUT2D eigenvalue weighted by Gasteiger charge is 1.92. The maximum Gasteiger partial charge on any atom is 0.0954 e. The number of aliphatic hydroxyl groups is 8. The van der Waals surface area contributed by atoms with Gasteiger partial charge in [-0.3, -0.25) is 0 Å². The first-order valence-electron chi connectivity index (χ1n) is 6.00. The van der Waals surface area contributed by atoms with E-state index in [1.807, 2.05) is 13.8 Å². The van der Waals surface area contributed by atoms with Crippen molar-refractivity contribution >= 4 is 0 Å². The van der Waals surface area contributed by atoms with Crippen LogP contribution >= 0.6 is 0 Å². The number of aliphatic hydroxyl groups excluding tert-OH is 8. The minimum atomic E-state index is -0.681. The Morgan fingerprint density at radius 2 is 0.950 bits per heavy atom. The van der Waals surface area contributed by atoms with E-state index in [1.54, 1.807) is 6.08 Å². The van der Waals surface area contributed by atoms with Crippen molar-refractivity contribution in [1.29, 1.82) is 0 Å². The molecule has 0 rings (SSSR count). The summed E-state index contributed by atoms with van der Waals surface area (Å²) < 4.78 is 0. The van der Waals surface area contributed by atoms with Crippen LogP contribution in [0.15, 0.2) is 11.6 Å². The van der Waals surface area contributed by atoms with Gasteiger partial charge >= 0.3 is 0 Å². The Labute approximate surface area is 119 Å². The summed E-state index contributed by atoms with van der Waals surface area (Å²) in [5.41, 5.74) is 1.02. The topological polar surface area (TPSA) is 162 Å². The molecule has 0 amide bonds. The Bertz CT molecular complexity index is 144. The quantitative estimate of drug-likeness (QED) is 0.253. The number of hydrogen-bond donors (Lipinski definition) is 8. The molecule has 8 N–H and O–H groups in total. The standard InChI is InChI=1S/C6H12O2.3C2H6O2/c1-5(2)3-6(8)4-7;3*3-1-2-4/h3,6-8H,4H2,1-2H3;3*3-4H,1-2H2. The van der Waals surface area contributed by atoms with E-state index in [0.29, 0.717) is 0 Å². The lowest BCUT2D eigenvalue weighted by molar-refractivity contribution is 0.130. The van der Waals surface area contributed by atoms with Crippen molar-refractivity contribution in [3.8, 4) is 0 Å². The highest BCUT2D eigenvalue weighted by molar-refractivity contribution is 4.97. The molecule has 0 aromatic rings. The van der Waals surface area contributed by atoms with Crippen molar-refractivity contribution in [2.45, 2.75) is 20.0 Å². The summed E-state index contributed by atoms with van der Waals surface area (Å²) in [5.74, 6) is 0. The normalized spacial score (nSPS) is 9.70. The third-order valence-corrected chi connectivity index (χ3v) is 1.01. The molecule has 1 atom stereocenters. The smallest absolute Gasteiger partial charge is 0.0954 e. The van der Waals surface area contributed by atoms with Gasteiger partial charge < -0.3 is 40.9 Å². The molecule has 8 heteroatoms. The molecule has 0 aliphatic heterocycles. The molecule has 20 heavy (non-hydrogen) atoms. The second-order valence-corrected chi connectivity index (χ2v) is 3.34. The van der Waals surface area contributed by atoms with E-state index in [9.17, 15) is 0 Å². The second kappa shape index (κ2) is 31.0. The van der Waals surface area contributed by atoms with Gasteiger partial charge in [0.2, 0.25) is 0 Å². The van der Waals surface area contributed by atoms with E-state index < -0.39 is 6.10 Å². The molecule has 0 aliphatic rings. The number of hydrogen-bond acceptors (Lipinski definition) is 8. The van der Waals surface area contributed by atoms with E-state index in [1.165, 1.54) is 0 Å². The van der Waals surface area contributed by atoms with Crippen molar-refractivity contribution in [1.82, 2.24) is 0 Å². The zero-order chi connectivity index (χ0) is 16.8. The van der Waals surface area contributed by atoms with Crippen molar-refractivity contribution in [3.05, 3.63) is 11.6 Å². The lowest BCUT2D eigenvalue weighted by Gasteiger charge is -1.98. The molecule has 0 fully saturated rings. The van der Waals surface area contributed by atoms with Crippen LogP contribution in [0.1, 0.15) is 13.8 Å². The fourth-order valence-electron chi connectivity index (χ4n) is 0.437. The Balaban J connectivity index is -0.0000000917. The maximum atomic E-state index is 8.70. The van der Waals surface area contributed by atoms with Crippen molar-refractivity contribution in [2.75, 3.05) is 46.2 Å². The molecular weight excluding hydrogens is 272 g/mol. The number of allylic oxidation sites excluding steroid dienone is 1. The van der Waals surface area contributed by atoms with Crippen LogP contribution in [-0.4, -0.2) is 93.2 Å². The van der Waals surface area contributed by atoms with Crippen LogP contribution in [0, 0.1) is 0 Å². The van der Waals surface area contributed by atoms with Crippen LogP contribution in [0.25, 0.3) is 0 Å². The highest BCUT2D eigenvalue weighted by atomic mass is 16.3. The predicted molar refractivity (Wildman–Crippen MR) is 75.0 cm³/mol. The summed E-state index contributed by atoms with van der Waals surface area (Å²) in [6, 6.07) is 0. The minimum absolute atomic E-state index is 0.125. The fourth-order valence-corrected chi connectivity index (χ4v) is 0.437. The maximum absolute atomic E-state index is 8.70. The predicted octanol–water partition coefficient (Wildman–Crippen LogP) is -2.78. The van der Waals surface area contributed by atoms with E-state index in [4.69, 9.17) is 40.9 Å². The van der Waals surface area contributed by atoms with Crippen molar-refractivity contribution < 1.29 is 40.9 Å². The van der Waals surface area contributed by atoms with Gasteiger partial charge in [-0.05, 0) is 13.8 Å². The van der Waals surface area contributed by atoms with Crippen LogP contribution in [0.3, 0.4) is 0 Å². The first kappa shape index (κ1) is 27.7. The first-order valence-corrected chi connectivity index (χ1v) is 6.00. The molecule has 126 valence electrons. The molecule has 0 radical (unpaired) electrons. The summed E-state index contributed by atoms with van der Waals surface area (Å²) in [6.07, 6.45) is 0.931. The van der Waals surface area contributed by atoms with E-state index in [2.05, 4.69) is 0 Å². The van der Waals surface area contributed by atoms with Gasteiger partial charge in [0.1, 0.15) is 0 Å². The molecule has 0 aromatic carbocycles. The fraction of sp³-hybridized carbons (Fsp3) is 0.833. The van der Waals surface area contributed by atoms with Crippen LogP contribution in [0.2, 0.25) is 0 Å². The van der Waals surface area contributed by atoms with Gasteiger partial charge in [-0.25, -0.2) is 0 Å². The average Bonchev–Trinajstić information content (AvgIpc) is 2.47. The van der Waals surface area contributed by atoms with E-state index in [0.717, 1.165) is 5.57 Å². The summed E-state index contributed by atoms with van der Waals surface area (Å²) in [6.45, 7) is 2.81. The minimum Gasteiger partial charge on any atom is -0.394 e. The average molecular weight is 302 g/mol. The SMILES string of the molecule is CC(C)=CC(O)CO.OCCO.OCCO.OCCO. The Hall–Kier alpha value is -0.580. The van der Waals surface area contributed by atoms with Gasteiger partial charge in [-0.15, -0.1) is 0 Å². The molecule has 0 aromatic heterocycles. The van der Waals surface area contributed by atoms with E-state index >= 15 is 0 Å². The zero-order valence-electron chi connectivity index (χ0n) is 12.2. The van der Waals surface area contributed by atoms with Crippen LogP contribution in [0.4, 0.5) is 0 Å². The van der Waals surface area contributed by atoms with Gasteiger partial charge in [-0.2, -0.15) is 0 Å². The Morgan fingerprint density at radius 1 is 0.700 bits per heavy atom. The Morgan fingerprint density at radius 3 is 1.00 bits per heavy atom. The monoisotopic (exact) mass is 302 g/mol. The molecule has 0 saturated heterocycles. The summed E-state index contributed by atoms with van der Waals surface area (Å²) in [7, 11) is 0. The van der Waals surface area contributed by atoms with E-state index in [-0.39, 0.29) is 46.2 Å². The zero-order valence-corrected chi connectivity index (χ0v) is 12.2. The number of rotatable bonds is 5. The van der Waals surface area contributed by atoms with Gasteiger partial charge in [-0.1, -0.05) is 11.6 Å². The molecule has 0 heterocycles. The van der Waals surface area contributed by atoms with Crippen LogP contribution < -0.4 is 0 Å². The van der Waals surface area contributed by atoms with Crippen molar-refractivity contribution in [2.24, 2.45) is 0 Å². The lowest BCUT2D eigenvalue weighted by atomic mass is 10.2. The third kappa shape index (κ3) is 66.2. The lowest BCUT2D eigenvalue weighted by Crippen LogP contribution is -2.07. The molecule has 0 bridgehead atoms. The third-order valence-electron chi connectivity index (χ3n) is 1.01. The summed E-state index contributed by atoms with van der Waals surface area (Å²) >= 11 is 0. The van der Waals surface area contributed by atoms with Gasteiger partial charge in [0, 0.05) is 0 Å².